The molecule has 0 aliphatic heterocycles. The highest BCUT2D eigenvalue weighted by atomic mass is 32.2. The number of carboxylic acids is 1. The van der Waals surface area contributed by atoms with Gasteiger partial charge in [0, 0.05) is 23.4 Å². The van der Waals surface area contributed by atoms with E-state index < -0.39 is 16.0 Å². The van der Waals surface area contributed by atoms with Crippen LogP contribution in [0, 0.1) is 5.92 Å². The highest BCUT2D eigenvalue weighted by Gasteiger charge is 2.30. The van der Waals surface area contributed by atoms with Gasteiger partial charge >= 0.3 is 5.97 Å². The van der Waals surface area contributed by atoms with Gasteiger partial charge in [-0.1, -0.05) is 0 Å². The molecule has 1 aliphatic carbocycles. The summed E-state index contributed by atoms with van der Waals surface area (Å²) in [6, 6.07) is 9.60. The van der Waals surface area contributed by atoms with Crippen molar-refractivity contribution in [1.82, 2.24) is 0 Å². The van der Waals surface area contributed by atoms with Crippen molar-refractivity contribution >= 4 is 33.3 Å². The molecule has 1 fully saturated rings. The van der Waals surface area contributed by atoms with Crippen molar-refractivity contribution in [1.29, 1.82) is 0 Å². The molecule has 8 nitrogen and oxygen atoms in total. The Hall–Kier alpha value is -3.07. The Morgan fingerprint density at radius 2 is 1.70 bits per heavy atom. The van der Waals surface area contributed by atoms with Crippen LogP contribution in [0.2, 0.25) is 0 Å². The Bertz CT molecular complexity index is 981. The molecule has 1 amide bonds. The topological polar surface area (TPSA) is 122 Å². The van der Waals surface area contributed by atoms with Crippen LogP contribution in [0.1, 0.15) is 23.2 Å². The highest BCUT2D eigenvalue weighted by molar-refractivity contribution is 7.92. The van der Waals surface area contributed by atoms with E-state index in [2.05, 4.69) is 10.0 Å². The van der Waals surface area contributed by atoms with Crippen LogP contribution < -0.4 is 14.8 Å². The van der Waals surface area contributed by atoms with Gasteiger partial charge in [-0.3, -0.25) is 9.52 Å². The lowest BCUT2D eigenvalue weighted by molar-refractivity contribution is -0.117. The van der Waals surface area contributed by atoms with Crippen LogP contribution in [-0.4, -0.2) is 32.5 Å². The molecule has 2 aromatic carbocycles. The first-order valence-electron chi connectivity index (χ1n) is 8.15. The predicted molar refractivity (Wildman–Crippen MR) is 98.6 cm³/mol. The Morgan fingerprint density at radius 1 is 1.07 bits per heavy atom. The van der Waals surface area contributed by atoms with Gasteiger partial charge in [0.25, 0.3) is 10.0 Å². The zero-order valence-corrected chi connectivity index (χ0v) is 15.2. The second-order valence-corrected chi connectivity index (χ2v) is 7.77. The van der Waals surface area contributed by atoms with Gasteiger partial charge in [-0.15, -0.1) is 0 Å². The van der Waals surface area contributed by atoms with E-state index >= 15 is 0 Å². The van der Waals surface area contributed by atoms with Crippen molar-refractivity contribution in [3.05, 3.63) is 48.0 Å². The molecule has 3 rings (SSSR count). The summed E-state index contributed by atoms with van der Waals surface area (Å²) in [6.07, 6.45) is 1.72. The summed E-state index contributed by atoms with van der Waals surface area (Å²) in [6.45, 7) is 0. The van der Waals surface area contributed by atoms with Crippen molar-refractivity contribution < 1.29 is 27.9 Å². The Morgan fingerprint density at radius 3 is 2.26 bits per heavy atom. The highest BCUT2D eigenvalue weighted by Crippen LogP contribution is 2.32. The van der Waals surface area contributed by atoms with E-state index in [4.69, 9.17) is 9.84 Å². The first-order chi connectivity index (χ1) is 12.8. The molecule has 142 valence electrons. The van der Waals surface area contributed by atoms with E-state index in [0.29, 0.717) is 5.69 Å². The van der Waals surface area contributed by atoms with E-state index in [-0.39, 0.29) is 33.7 Å². The number of hydrogen-bond acceptors (Lipinski definition) is 5. The van der Waals surface area contributed by atoms with E-state index in [0.717, 1.165) is 12.8 Å². The number of hydrogen-bond donors (Lipinski definition) is 3. The second-order valence-electron chi connectivity index (χ2n) is 6.12. The molecular weight excluding hydrogens is 372 g/mol. The molecule has 0 atom stereocenters. The SMILES string of the molecule is COc1cc(NC(=O)C2CC2)ccc1S(=O)(=O)Nc1ccc(C(=O)O)cc1. The number of carbonyl (C=O) groups excluding carboxylic acids is 1. The molecule has 1 aliphatic rings. The maximum atomic E-state index is 12.7. The zero-order chi connectivity index (χ0) is 19.6. The van der Waals surface area contributed by atoms with Crippen LogP contribution in [0.4, 0.5) is 11.4 Å². The number of aromatic carboxylic acids is 1. The lowest BCUT2D eigenvalue weighted by Crippen LogP contribution is -2.16. The summed E-state index contributed by atoms with van der Waals surface area (Å²) in [5, 5.41) is 11.6. The van der Waals surface area contributed by atoms with Gasteiger partial charge in [0.2, 0.25) is 5.91 Å². The first kappa shape index (κ1) is 18.7. The van der Waals surface area contributed by atoms with Crippen molar-refractivity contribution in [2.45, 2.75) is 17.7 Å². The molecule has 0 unspecified atom stereocenters. The van der Waals surface area contributed by atoms with Gasteiger partial charge in [0.1, 0.15) is 10.6 Å². The molecule has 0 bridgehead atoms. The van der Waals surface area contributed by atoms with Gasteiger partial charge in [-0.05, 0) is 49.2 Å². The van der Waals surface area contributed by atoms with Crippen LogP contribution in [-0.2, 0) is 14.8 Å². The summed E-state index contributed by atoms with van der Waals surface area (Å²) < 4.78 is 32.9. The molecule has 3 N–H and O–H groups in total. The molecule has 0 heterocycles. The summed E-state index contributed by atoms with van der Waals surface area (Å²) in [7, 11) is -2.64. The fourth-order valence-electron chi connectivity index (χ4n) is 2.45. The van der Waals surface area contributed by atoms with Gasteiger partial charge in [0.05, 0.1) is 12.7 Å². The summed E-state index contributed by atoms with van der Waals surface area (Å²) in [5.41, 5.74) is 0.716. The van der Waals surface area contributed by atoms with Gasteiger partial charge in [0.15, 0.2) is 0 Å². The van der Waals surface area contributed by atoms with E-state index in [1.807, 2.05) is 0 Å². The number of amides is 1. The number of nitrogens with one attached hydrogen (secondary N) is 2. The monoisotopic (exact) mass is 390 g/mol. The fraction of sp³-hybridized carbons (Fsp3) is 0.222. The number of rotatable bonds is 7. The number of carbonyl (C=O) groups is 2. The third-order valence-corrected chi connectivity index (χ3v) is 5.47. The van der Waals surface area contributed by atoms with Crippen LogP contribution in [0.3, 0.4) is 0 Å². The summed E-state index contributed by atoms with van der Waals surface area (Å²) in [5.74, 6) is -1.09. The minimum atomic E-state index is -3.97. The largest absolute Gasteiger partial charge is 0.495 e. The second kappa shape index (κ2) is 7.28. The maximum absolute atomic E-state index is 12.7. The molecule has 0 spiro atoms. The molecule has 1 saturated carbocycles. The van der Waals surface area contributed by atoms with Crippen molar-refractivity contribution in [3.8, 4) is 5.75 Å². The van der Waals surface area contributed by atoms with Crippen molar-refractivity contribution in [2.75, 3.05) is 17.1 Å². The van der Waals surface area contributed by atoms with E-state index in [1.165, 1.54) is 49.6 Å². The minimum Gasteiger partial charge on any atom is -0.495 e. The normalized spacial score (nSPS) is 13.7. The standard InChI is InChI=1S/C18H18N2O6S/c1-26-15-10-14(19-17(21)11-2-3-11)8-9-16(15)27(24,25)20-13-6-4-12(5-7-13)18(22)23/h4-11,20H,2-3H2,1H3,(H,19,21)(H,22,23). The maximum Gasteiger partial charge on any atom is 0.335 e. The number of benzene rings is 2. The number of ether oxygens (including phenoxy) is 1. The van der Waals surface area contributed by atoms with Crippen LogP contribution in [0.25, 0.3) is 0 Å². The number of anilines is 2. The molecular formula is C18H18N2O6S. The molecule has 2 aromatic rings. The number of carboxylic acid groups (broad SMARTS) is 1. The Labute approximate surface area is 156 Å². The number of methoxy groups -OCH3 is 1. The van der Waals surface area contributed by atoms with Gasteiger partial charge in [-0.25, -0.2) is 13.2 Å². The lowest BCUT2D eigenvalue weighted by Gasteiger charge is -2.13. The van der Waals surface area contributed by atoms with E-state index in [1.54, 1.807) is 0 Å². The minimum absolute atomic E-state index is 0.0230. The predicted octanol–water partition coefficient (Wildman–Crippen LogP) is 2.54. The molecule has 0 radical (unpaired) electrons. The molecule has 0 aromatic heterocycles. The van der Waals surface area contributed by atoms with Gasteiger partial charge < -0.3 is 15.2 Å². The zero-order valence-electron chi connectivity index (χ0n) is 14.4. The third kappa shape index (κ3) is 4.37. The average Bonchev–Trinajstić information content (AvgIpc) is 3.46. The molecule has 0 saturated heterocycles. The quantitative estimate of drug-likeness (QED) is 0.668. The molecule has 27 heavy (non-hydrogen) atoms. The Balaban J connectivity index is 1.82. The smallest absolute Gasteiger partial charge is 0.335 e. The van der Waals surface area contributed by atoms with Crippen LogP contribution >= 0.6 is 0 Å². The lowest BCUT2D eigenvalue weighted by atomic mass is 10.2. The first-order valence-corrected chi connectivity index (χ1v) is 9.63. The average molecular weight is 390 g/mol. The van der Waals surface area contributed by atoms with Gasteiger partial charge in [-0.2, -0.15) is 0 Å². The van der Waals surface area contributed by atoms with Crippen molar-refractivity contribution in [2.24, 2.45) is 5.92 Å². The summed E-state index contributed by atoms with van der Waals surface area (Å²) in [4.78, 5) is 22.6. The van der Waals surface area contributed by atoms with E-state index in [9.17, 15) is 18.0 Å². The fourth-order valence-corrected chi connectivity index (χ4v) is 3.66. The van der Waals surface area contributed by atoms with Crippen LogP contribution in [0.5, 0.6) is 5.75 Å². The number of sulfonamides is 1. The Kier molecular flexibility index (Phi) is 5.04. The molecule has 9 heteroatoms. The third-order valence-electron chi connectivity index (χ3n) is 4.05. The van der Waals surface area contributed by atoms with Crippen LogP contribution in [0.15, 0.2) is 47.4 Å². The summed E-state index contributed by atoms with van der Waals surface area (Å²) >= 11 is 0. The van der Waals surface area contributed by atoms with Crippen molar-refractivity contribution in [3.63, 3.8) is 0 Å².